The monoisotopic (exact) mass is 257 g/mol. The standard InChI is InChI=1S/C10H8ClNO5/c11-6-8(15)5-3(4(14)2-13)1-12-7(5)10(17)9(6)16/h1,4,12-15H,2H2. The first kappa shape index (κ1) is 11.8. The van der Waals surface area contributed by atoms with Gasteiger partial charge in [-0.25, -0.2) is 0 Å². The lowest BCUT2D eigenvalue weighted by Gasteiger charge is -2.14. The van der Waals surface area contributed by atoms with Crippen LogP contribution in [-0.2, 0) is 4.79 Å². The van der Waals surface area contributed by atoms with Gasteiger partial charge in [0.15, 0.2) is 0 Å². The van der Waals surface area contributed by atoms with Crippen LogP contribution >= 0.6 is 11.6 Å². The lowest BCUT2D eigenvalue weighted by atomic mass is 9.96. The first-order valence-electron chi connectivity index (χ1n) is 4.67. The van der Waals surface area contributed by atoms with Crippen molar-refractivity contribution in [1.82, 2.24) is 4.98 Å². The summed E-state index contributed by atoms with van der Waals surface area (Å²) in [6.45, 7) is -0.586. The molecule has 1 aromatic rings. The summed E-state index contributed by atoms with van der Waals surface area (Å²) in [7, 11) is 0. The van der Waals surface area contributed by atoms with Crippen LogP contribution in [0.2, 0.25) is 0 Å². The van der Waals surface area contributed by atoms with E-state index in [1.807, 2.05) is 0 Å². The summed E-state index contributed by atoms with van der Waals surface area (Å²) < 4.78 is 0. The van der Waals surface area contributed by atoms with E-state index in [-0.39, 0.29) is 16.8 Å². The number of aromatic amines is 1. The predicted octanol–water partition coefficient (Wildman–Crippen LogP) is 0.271. The van der Waals surface area contributed by atoms with E-state index in [1.165, 1.54) is 6.20 Å². The maximum Gasteiger partial charge on any atom is 0.251 e. The highest BCUT2D eigenvalue weighted by Crippen LogP contribution is 2.34. The number of aromatic nitrogens is 1. The van der Waals surface area contributed by atoms with Crippen LogP contribution in [0.25, 0.3) is 5.76 Å². The number of H-pyrrole nitrogens is 1. The van der Waals surface area contributed by atoms with Gasteiger partial charge >= 0.3 is 0 Å². The Labute approximate surface area is 100 Å². The number of aliphatic hydroxyl groups is 3. The fraction of sp³-hybridized carbons (Fsp3) is 0.200. The molecule has 1 aliphatic rings. The Kier molecular flexibility index (Phi) is 2.78. The van der Waals surface area contributed by atoms with E-state index in [0.29, 0.717) is 0 Å². The summed E-state index contributed by atoms with van der Waals surface area (Å²) in [5.74, 6) is -2.47. The lowest BCUT2D eigenvalue weighted by Crippen LogP contribution is -2.22. The number of aliphatic hydroxyl groups excluding tert-OH is 3. The fourth-order valence-corrected chi connectivity index (χ4v) is 1.84. The van der Waals surface area contributed by atoms with Crippen LogP contribution in [0.4, 0.5) is 0 Å². The Balaban J connectivity index is 2.68. The van der Waals surface area contributed by atoms with Gasteiger partial charge in [-0.1, -0.05) is 11.6 Å². The van der Waals surface area contributed by atoms with Crippen molar-refractivity contribution in [2.45, 2.75) is 6.10 Å². The summed E-state index contributed by atoms with van der Waals surface area (Å²) in [5, 5.41) is 27.4. The average Bonchev–Trinajstić information content (AvgIpc) is 2.77. The molecule has 1 aromatic heterocycles. The van der Waals surface area contributed by atoms with Gasteiger partial charge in [0.2, 0.25) is 5.78 Å². The predicted molar refractivity (Wildman–Crippen MR) is 57.6 cm³/mol. The molecule has 0 aliphatic heterocycles. The van der Waals surface area contributed by atoms with Gasteiger partial charge in [-0.2, -0.15) is 0 Å². The van der Waals surface area contributed by atoms with Crippen LogP contribution in [0.15, 0.2) is 11.2 Å². The van der Waals surface area contributed by atoms with Crippen LogP contribution in [0.1, 0.15) is 27.7 Å². The molecule has 0 aromatic carbocycles. The molecule has 0 fully saturated rings. The molecule has 1 atom stereocenters. The smallest absolute Gasteiger partial charge is 0.251 e. The molecule has 0 saturated heterocycles. The largest absolute Gasteiger partial charge is 0.506 e. The van der Waals surface area contributed by atoms with E-state index in [2.05, 4.69) is 4.98 Å². The molecule has 90 valence electrons. The van der Waals surface area contributed by atoms with Crippen LogP contribution in [-0.4, -0.2) is 38.5 Å². The number of Topliss-reactive ketones (excluding diaryl/α,β-unsaturated/α-hetero) is 2. The highest BCUT2D eigenvalue weighted by molar-refractivity contribution is 6.63. The summed E-state index contributed by atoms with van der Waals surface area (Å²) in [6.07, 6.45) is -0.0368. The normalized spacial score (nSPS) is 17.4. The first-order chi connectivity index (χ1) is 7.99. The van der Waals surface area contributed by atoms with Gasteiger partial charge in [-0.05, 0) is 0 Å². The second-order valence-corrected chi connectivity index (χ2v) is 3.89. The molecule has 0 saturated carbocycles. The van der Waals surface area contributed by atoms with Crippen molar-refractivity contribution >= 4 is 28.9 Å². The molecule has 17 heavy (non-hydrogen) atoms. The van der Waals surface area contributed by atoms with Crippen molar-refractivity contribution in [2.24, 2.45) is 0 Å². The molecular formula is C10H8ClNO5. The quantitative estimate of drug-likeness (QED) is 0.569. The highest BCUT2D eigenvalue weighted by Gasteiger charge is 2.36. The van der Waals surface area contributed by atoms with Crippen LogP contribution < -0.4 is 0 Å². The van der Waals surface area contributed by atoms with E-state index >= 15 is 0 Å². The molecule has 0 spiro atoms. The maximum absolute atomic E-state index is 11.5. The summed E-state index contributed by atoms with van der Waals surface area (Å²) in [5.41, 5.74) is -0.0699. The van der Waals surface area contributed by atoms with Crippen molar-refractivity contribution in [1.29, 1.82) is 0 Å². The minimum absolute atomic E-state index is 0.0406. The molecule has 1 unspecified atom stereocenters. The molecule has 6 nitrogen and oxygen atoms in total. The SMILES string of the molecule is O=C1C(=O)c2[nH]cc(C(O)CO)c2C(O)=C1Cl. The van der Waals surface area contributed by atoms with Crippen molar-refractivity contribution in [2.75, 3.05) is 6.61 Å². The van der Waals surface area contributed by atoms with Crippen molar-refractivity contribution in [3.05, 3.63) is 28.0 Å². The number of rotatable bonds is 2. The Morgan fingerprint density at radius 2 is 2.00 bits per heavy atom. The molecule has 0 radical (unpaired) electrons. The molecular weight excluding hydrogens is 250 g/mol. The second-order valence-electron chi connectivity index (χ2n) is 3.51. The Hall–Kier alpha value is -1.63. The van der Waals surface area contributed by atoms with Gasteiger partial charge in [-0.15, -0.1) is 0 Å². The maximum atomic E-state index is 11.5. The van der Waals surface area contributed by atoms with Gasteiger partial charge < -0.3 is 20.3 Å². The lowest BCUT2D eigenvalue weighted by molar-refractivity contribution is -0.111. The van der Waals surface area contributed by atoms with E-state index in [1.54, 1.807) is 0 Å². The number of halogens is 1. The van der Waals surface area contributed by atoms with Gasteiger partial charge in [0.1, 0.15) is 22.6 Å². The third-order valence-electron chi connectivity index (χ3n) is 2.52. The second kappa shape index (κ2) is 3.99. The van der Waals surface area contributed by atoms with Gasteiger partial charge in [0.05, 0.1) is 12.2 Å². The van der Waals surface area contributed by atoms with Gasteiger partial charge in [0.25, 0.3) is 5.78 Å². The van der Waals surface area contributed by atoms with Crippen LogP contribution in [0.3, 0.4) is 0 Å². The first-order valence-corrected chi connectivity index (χ1v) is 5.05. The Morgan fingerprint density at radius 1 is 1.35 bits per heavy atom. The third kappa shape index (κ3) is 1.57. The highest BCUT2D eigenvalue weighted by atomic mass is 35.5. The summed E-state index contributed by atoms with van der Waals surface area (Å²) in [6, 6.07) is 0. The van der Waals surface area contributed by atoms with Gasteiger partial charge in [0, 0.05) is 11.8 Å². The number of allylic oxidation sites excluding steroid dienone is 1. The zero-order valence-corrected chi connectivity index (χ0v) is 9.15. The minimum atomic E-state index is -1.28. The van der Waals surface area contributed by atoms with E-state index in [4.69, 9.17) is 16.7 Å². The molecule has 0 amide bonds. The third-order valence-corrected chi connectivity index (χ3v) is 2.87. The number of hydrogen-bond donors (Lipinski definition) is 4. The van der Waals surface area contributed by atoms with Crippen molar-refractivity contribution < 1.29 is 24.9 Å². The zero-order chi connectivity index (χ0) is 12.7. The molecule has 1 aliphatic carbocycles. The number of carbonyl (C=O) groups is 2. The van der Waals surface area contributed by atoms with E-state index in [9.17, 15) is 19.8 Å². The van der Waals surface area contributed by atoms with E-state index < -0.39 is 35.1 Å². The van der Waals surface area contributed by atoms with E-state index in [0.717, 1.165) is 0 Å². The van der Waals surface area contributed by atoms with Gasteiger partial charge in [-0.3, -0.25) is 9.59 Å². The van der Waals surface area contributed by atoms with Crippen molar-refractivity contribution in [3.8, 4) is 0 Å². The number of carbonyl (C=O) groups excluding carboxylic acids is 2. The molecule has 1 heterocycles. The summed E-state index contributed by atoms with van der Waals surface area (Å²) in [4.78, 5) is 25.3. The summed E-state index contributed by atoms with van der Waals surface area (Å²) >= 11 is 5.52. The number of fused-ring (bicyclic) bond motifs is 1. The number of ketones is 2. The average molecular weight is 258 g/mol. The molecule has 2 rings (SSSR count). The Morgan fingerprint density at radius 3 is 2.59 bits per heavy atom. The van der Waals surface area contributed by atoms with Crippen LogP contribution in [0, 0.1) is 0 Å². The molecule has 4 N–H and O–H groups in total. The minimum Gasteiger partial charge on any atom is -0.506 e. The Bertz CT molecular complexity index is 545. The number of nitrogens with one attached hydrogen (secondary N) is 1. The molecule has 0 bridgehead atoms. The van der Waals surface area contributed by atoms with Crippen LogP contribution in [0.5, 0.6) is 0 Å². The fourth-order valence-electron chi connectivity index (χ4n) is 1.66. The topological polar surface area (TPSA) is 111 Å². The molecule has 7 heteroatoms. The zero-order valence-electron chi connectivity index (χ0n) is 8.40. The van der Waals surface area contributed by atoms with Crippen molar-refractivity contribution in [3.63, 3.8) is 0 Å². The number of hydrogen-bond acceptors (Lipinski definition) is 5.